The van der Waals surface area contributed by atoms with Crippen molar-refractivity contribution in [3.8, 4) is 11.8 Å². The quantitative estimate of drug-likeness (QED) is 0.533. The first kappa shape index (κ1) is 7.63. The maximum absolute atomic E-state index is 10.1. The Morgan fingerprint density at radius 2 is 2.50 bits per heavy atom. The first-order valence-corrected chi connectivity index (χ1v) is 4.05. The van der Waals surface area contributed by atoms with E-state index in [1.807, 2.05) is 0 Å². The third-order valence-electron chi connectivity index (χ3n) is 2.68. The molecule has 0 aromatic rings. The number of ether oxygens (including phenoxy) is 1. The van der Waals surface area contributed by atoms with Gasteiger partial charge in [-0.1, -0.05) is 5.92 Å². The zero-order chi connectivity index (χ0) is 8.60. The second-order valence-corrected chi connectivity index (χ2v) is 3.50. The second-order valence-electron chi connectivity index (χ2n) is 3.50. The standard InChI is InChI=1S/C9H10O3/c10-8(11)2-1-7-5-9(7)3-4-12-6-9/h7H,3-6H2,(H,10,11). The molecule has 1 saturated carbocycles. The van der Waals surface area contributed by atoms with Gasteiger partial charge in [0.05, 0.1) is 6.61 Å². The van der Waals surface area contributed by atoms with Gasteiger partial charge < -0.3 is 9.84 Å². The van der Waals surface area contributed by atoms with E-state index < -0.39 is 5.97 Å². The van der Waals surface area contributed by atoms with Gasteiger partial charge >= 0.3 is 5.97 Å². The van der Waals surface area contributed by atoms with E-state index >= 15 is 0 Å². The zero-order valence-electron chi connectivity index (χ0n) is 6.67. The normalized spacial score (nSPS) is 37.5. The highest BCUT2D eigenvalue weighted by atomic mass is 16.5. The van der Waals surface area contributed by atoms with Crippen molar-refractivity contribution in [2.75, 3.05) is 13.2 Å². The number of carboxylic acids is 1. The zero-order valence-corrected chi connectivity index (χ0v) is 6.67. The van der Waals surface area contributed by atoms with Gasteiger partial charge in [0.1, 0.15) is 0 Å². The highest BCUT2D eigenvalue weighted by molar-refractivity contribution is 5.86. The van der Waals surface area contributed by atoms with Gasteiger partial charge in [0, 0.05) is 23.9 Å². The molecule has 0 aromatic carbocycles. The van der Waals surface area contributed by atoms with Crippen LogP contribution in [-0.4, -0.2) is 24.3 Å². The first-order chi connectivity index (χ1) is 5.73. The summed E-state index contributed by atoms with van der Waals surface area (Å²) in [4.78, 5) is 10.1. The fourth-order valence-corrected chi connectivity index (χ4v) is 1.76. The average molecular weight is 166 g/mol. The van der Waals surface area contributed by atoms with Crippen LogP contribution in [0.1, 0.15) is 12.8 Å². The molecule has 1 N–H and O–H groups in total. The van der Waals surface area contributed by atoms with Crippen molar-refractivity contribution >= 4 is 5.97 Å². The van der Waals surface area contributed by atoms with Crippen LogP contribution < -0.4 is 0 Å². The van der Waals surface area contributed by atoms with Crippen LogP contribution in [0, 0.1) is 23.2 Å². The SMILES string of the molecule is O=C(O)C#CC1CC12CCOC2. The van der Waals surface area contributed by atoms with Crippen molar-refractivity contribution < 1.29 is 14.6 Å². The van der Waals surface area contributed by atoms with Crippen LogP contribution in [0.2, 0.25) is 0 Å². The van der Waals surface area contributed by atoms with E-state index in [0.717, 1.165) is 26.1 Å². The van der Waals surface area contributed by atoms with Gasteiger partial charge in [0.15, 0.2) is 0 Å². The Bertz CT molecular complexity index is 265. The van der Waals surface area contributed by atoms with Crippen molar-refractivity contribution in [2.24, 2.45) is 11.3 Å². The number of hydrogen-bond acceptors (Lipinski definition) is 2. The summed E-state index contributed by atoms with van der Waals surface area (Å²) in [6, 6.07) is 0. The van der Waals surface area contributed by atoms with Crippen LogP contribution >= 0.6 is 0 Å². The van der Waals surface area contributed by atoms with Gasteiger partial charge in [-0.05, 0) is 12.8 Å². The summed E-state index contributed by atoms with van der Waals surface area (Å²) in [6.45, 7) is 1.58. The summed E-state index contributed by atoms with van der Waals surface area (Å²) in [6.07, 6.45) is 2.07. The minimum atomic E-state index is -1.03. The number of carbonyl (C=O) groups is 1. The molecule has 1 aliphatic heterocycles. The predicted octanol–water partition coefficient (Wildman–Crippen LogP) is 0.501. The van der Waals surface area contributed by atoms with Crippen LogP contribution in [0.25, 0.3) is 0 Å². The molecule has 2 aliphatic rings. The van der Waals surface area contributed by atoms with Crippen LogP contribution in [0.5, 0.6) is 0 Å². The van der Waals surface area contributed by atoms with E-state index in [0.29, 0.717) is 0 Å². The molecule has 1 spiro atoms. The minimum Gasteiger partial charge on any atom is -0.472 e. The van der Waals surface area contributed by atoms with Gasteiger partial charge in [0.2, 0.25) is 0 Å². The molecule has 1 heterocycles. The molecule has 2 rings (SSSR count). The van der Waals surface area contributed by atoms with Crippen molar-refractivity contribution in [3.63, 3.8) is 0 Å². The van der Waals surface area contributed by atoms with Crippen LogP contribution in [-0.2, 0) is 9.53 Å². The maximum Gasteiger partial charge on any atom is 0.381 e. The van der Waals surface area contributed by atoms with Gasteiger partial charge in [-0.15, -0.1) is 0 Å². The Kier molecular flexibility index (Phi) is 1.59. The molecule has 2 fully saturated rings. The van der Waals surface area contributed by atoms with E-state index in [2.05, 4.69) is 11.8 Å². The fourth-order valence-electron chi connectivity index (χ4n) is 1.76. The minimum absolute atomic E-state index is 0.239. The maximum atomic E-state index is 10.1. The summed E-state index contributed by atoms with van der Waals surface area (Å²) in [5.41, 5.74) is 0.239. The molecule has 1 saturated heterocycles. The molecular weight excluding hydrogens is 156 g/mol. The van der Waals surface area contributed by atoms with Crippen LogP contribution in [0.4, 0.5) is 0 Å². The Labute approximate surface area is 70.7 Å². The number of aliphatic carboxylic acids is 1. The number of hydrogen-bond donors (Lipinski definition) is 1. The monoisotopic (exact) mass is 166 g/mol. The number of carboxylic acid groups (broad SMARTS) is 1. The van der Waals surface area contributed by atoms with E-state index in [4.69, 9.17) is 9.84 Å². The molecule has 0 amide bonds. The van der Waals surface area contributed by atoms with Crippen molar-refractivity contribution in [3.05, 3.63) is 0 Å². The predicted molar refractivity (Wildman–Crippen MR) is 41.4 cm³/mol. The molecule has 0 aromatic heterocycles. The van der Waals surface area contributed by atoms with Crippen LogP contribution in [0.3, 0.4) is 0 Å². The van der Waals surface area contributed by atoms with Crippen molar-refractivity contribution in [1.82, 2.24) is 0 Å². The van der Waals surface area contributed by atoms with Crippen LogP contribution in [0.15, 0.2) is 0 Å². The highest BCUT2D eigenvalue weighted by Crippen LogP contribution is 2.57. The Balaban J connectivity index is 1.96. The average Bonchev–Trinajstić information content (AvgIpc) is 2.42. The fraction of sp³-hybridized carbons (Fsp3) is 0.667. The second kappa shape index (κ2) is 2.49. The van der Waals surface area contributed by atoms with E-state index in [1.54, 1.807) is 0 Å². The molecule has 2 unspecified atom stereocenters. The molecule has 0 radical (unpaired) electrons. The highest BCUT2D eigenvalue weighted by Gasteiger charge is 2.55. The molecule has 2 atom stereocenters. The lowest BCUT2D eigenvalue weighted by atomic mass is 10.0. The van der Waals surface area contributed by atoms with Gasteiger partial charge in [-0.2, -0.15) is 0 Å². The number of rotatable bonds is 0. The van der Waals surface area contributed by atoms with E-state index in [9.17, 15) is 4.79 Å². The Morgan fingerprint density at radius 1 is 1.67 bits per heavy atom. The molecule has 3 heteroatoms. The summed E-state index contributed by atoms with van der Waals surface area (Å²) < 4.78 is 5.24. The molecule has 1 aliphatic carbocycles. The van der Waals surface area contributed by atoms with Gasteiger partial charge in [0.25, 0.3) is 0 Å². The topological polar surface area (TPSA) is 46.5 Å². The van der Waals surface area contributed by atoms with E-state index in [-0.39, 0.29) is 11.3 Å². The first-order valence-electron chi connectivity index (χ1n) is 4.05. The Hall–Kier alpha value is -1.01. The van der Waals surface area contributed by atoms with Crippen molar-refractivity contribution in [2.45, 2.75) is 12.8 Å². The lowest BCUT2D eigenvalue weighted by Gasteiger charge is -1.99. The molecular formula is C9H10O3. The summed E-state index contributed by atoms with van der Waals surface area (Å²) in [5, 5.41) is 8.32. The Morgan fingerprint density at radius 3 is 3.08 bits per heavy atom. The molecule has 3 nitrogen and oxygen atoms in total. The summed E-state index contributed by atoms with van der Waals surface area (Å²) in [5.74, 6) is 4.17. The summed E-state index contributed by atoms with van der Waals surface area (Å²) >= 11 is 0. The molecule has 0 bridgehead atoms. The molecule has 64 valence electrons. The van der Waals surface area contributed by atoms with Gasteiger partial charge in [-0.25, -0.2) is 4.79 Å². The summed E-state index contributed by atoms with van der Waals surface area (Å²) in [7, 11) is 0. The smallest absolute Gasteiger partial charge is 0.381 e. The lowest BCUT2D eigenvalue weighted by Crippen LogP contribution is -2.01. The van der Waals surface area contributed by atoms with E-state index in [1.165, 1.54) is 0 Å². The van der Waals surface area contributed by atoms with Gasteiger partial charge in [-0.3, -0.25) is 0 Å². The largest absolute Gasteiger partial charge is 0.472 e. The lowest BCUT2D eigenvalue weighted by molar-refractivity contribution is -0.130. The van der Waals surface area contributed by atoms with Crippen molar-refractivity contribution in [1.29, 1.82) is 0 Å². The third-order valence-corrected chi connectivity index (χ3v) is 2.68. The molecule has 12 heavy (non-hydrogen) atoms. The third kappa shape index (κ3) is 1.19.